The number of methoxy groups -OCH3 is 1. The molecule has 0 bridgehead atoms. The molecule has 1 aromatic rings. The number of hydrogen-bond donors (Lipinski definition) is 3. The molecule has 0 spiro atoms. The minimum atomic E-state index is -2.46. The van der Waals surface area contributed by atoms with Crippen LogP contribution in [0.5, 0.6) is 5.75 Å². The van der Waals surface area contributed by atoms with Crippen LogP contribution in [-0.4, -0.2) is 44.3 Å². The predicted molar refractivity (Wildman–Crippen MR) is 74.0 cm³/mol. The lowest BCUT2D eigenvalue weighted by Crippen LogP contribution is -2.21. The molecule has 118 valence electrons. The summed E-state index contributed by atoms with van der Waals surface area (Å²) in [5.41, 5.74) is 6.89. The monoisotopic (exact) mass is 303 g/mol. The second-order valence-electron chi connectivity index (χ2n) is 4.15. The molecule has 0 radical (unpaired) electrons. The van der Waals surface area contributed by atoms with Crippen molar-refractivity contribution in [1.29, 1.82) is 0 Å². The van der Waals surface area contributed by atoms with Gasteiger partial charge in [-0.1, -0.05) is 5.16 Å². The van der Waals surface area contributed by atoms with Crippen LogP contribution in [-0.2, 0) is 11.3 Å². The van der Waals surface area contributed by atoms with Crippen molar-refractivity contribution in [2.45, 2.75) is 13.0 Å². The Kier molecular flexibility index (Phi) is 7.41. The molecular weight excluding hydrogens is 284 g/mol. The number of benzene rings is 1. The third-order valence-corrected chi connectivity index (χ3v) is 2.67. The first kappa shape index (κ1) is 17.1. The van der Waals surface area contributed by atoms with Crippen molar-refractivity contribution in [1.82, 2.24) is 5.32 Å². The minimum Gasteiger partial charge on any atom is -0.496 e. The van der Waals surface area contributed by atoms with Crippen molar-refractivity contribution in [3.05, 3.63) is 29.3 Å². The van der Waals surface area contributed by atoms with Gasteiger partial charge in [-0.25, -0.2) is 8.78 Å². The third kappa shape index (κ3) is 5.92. The zero-order valence-corrected chi connectivity index (χ0v) is 11.7. The van der Waals surface area contributed by atoms with Gasteiger partial charge in [0.05, 0.1) is 13.7 Å². The van der Waals surface area contributed by atoms with Gasteiger partial charge >= 0.3 is 0 Å². The van der Waals surface area contributed by atoms with Crippen LogP contribution in [0.4, 0.5) is 8.78 Å². The number of amidine groups is 1. The molecule has 0 atom stereocenters. The second-order valence-corrected chi connectivity index (χ2v) is 4.15. The first-order valence-electron chi connectivity index (χ1n) is 6.30. The van der Waals surface area contributed by atoms with Crippen LogP contribution in [0.2, 0.25) is 0 Å². The molecule has 0 heterocycles. The van der Waals surface area contributed by atoms with Crippen molar-refractivity contribution >= 4 is 5.84 Å². The number of rotatable bonds is 9. The molecule has 0 saturated carbocycles. The van der Waals surface area contributed by atoms with E-state index in [0.29, 0.717) is 24.4 Å². The largest absolute Gasteiger partial charge is 0.496 e. The number of halogens is 2. The summed E-state index contributed by atoms with van der Waals surface area (Å²) in [6, 6.07) is 5.10. The van der Waals surface area contributed by atoms with E-state index >= 15 is 0 Å². The lowest BCUT2D eigenvalue weighted by Gasteiger charge is -2.11. The van der Waals surface area contributed by atoms with Gasteiger partial charge in [0, 0.05) is 24.2 Å². The fourth-order valence-corrected chi connectivity index (χ4v) is 1.67. The Bertz CT molecular complexity index is 470. The van der Waals surface area contributed by atoms with Crippen LogP contribution < -0.4 is 15.8 Å². The fraction of sp³-hybridized carbons (Fsp3) is 0.462. The molecule has 1 rings (SSSR count). The molecule has 8 heteroatoms. The molecule has 0 aliphatic carbocycles. The van der Waals surface area contributed by atoms with E-state index in [1.54, 1.807) is 18.2 Å². The zero-order valence-electron chi connectivity index (χ0n) is 11.7. The first-order valence-corrected chi connectivity index (χ1v) is 6.30. The van der Waals surface area contributed by atoms with Gasteiger partial charge < -0.3 is 25.7 Å². The highest BCUT2D eigenvalue weighted by molar-refractivity contribution is 5.97. The number of nitrogens with two attached hydrogens (primary N) is 1. The number of ether oxygens (including phenoxy) is 2. The molecule has 1 aromatic carbocycles. The maximum atomic E-state index is 11.9. The Morgan fingerprint density at radius 3 is 2.86 bits per heavy atom. The van der Waals surface area contributed by atoms with Crippen molar-refractivity contribution < 1.29 is 23.5 Å². The number of alkyl halides is 2. The summed E-state index contributed by atoms with van der Waals surface area (Å²) in [5, 5.41) is 14.6. The molecular formula is C13H19F2N3O3. The smallest absolute Gasteiger partial charge is 0.261 e. The van der Waals surface area contributed by atoms with Crippen LogP contribution in [0, 0.1) is 0 Å². The van der Waals surface area contributed by atoms with Gasteiger partial charge in [0.25, 0.3) is 6.43 Å². The third-order valence-electron chi connectivity index (χ3n) is 2.67. The lowest BCUT2D eigenvalue weighted by molar-refractivity contribution is 0.0187. The maximum absolute atomic E-state index is 11.9. The van der Waals surface area contributed by atoms with Crippen LogP contribution in [0.1, 0.15) is 11.1 Å². The Balaban J connectivity index is 2.52. The molecule has 0 unspecified atom stereocenters. The molecule has 0 aromatic heterocycles. The zero-order chi connectivity index (χ0) is 15.7. The number of hydrogen-bond acceptors (Lipinski definition) is 5. The van der Waals surface area contributed by atoms with Gasteiger partial charge in [0.15, 0.2) is 5.84 Å². The van der Waals surface area contributed by atoms with E-state index in [9.17, 15) is 8.78 Å². The highest BCUT2D eigenvalue weighted by atomic mass is 19.3. The summed E-state index contributed by atoms with van der Waals surface area (Å²) in [4.78, 5) is 0. The summed E-state index contributed by atoms with van der Waals surface area (Å²) in [5.74, 6) is 0.643. The van der Waals surface area contributed by atoms with Gasteiger partial charge in [0.1, 0.15) is 12.4 Å². The average Bonchev–Trinajstić information content (AvgIpc) is 2.49. The Morgan fingerprint density at radius 2 is 2.24 bits per heavy atom. The second kappa shape index (κ2) is 9.09. The fourth-order valence-electron chi connectivity index (χ4n) is 1.67. The normalized spacial score (nSPS) is 11.9. The van der Waals surface area contributed by atoms with E-state index in [2.05, 4.69) is 10.5 Å². The van der Waals surface area contributed by atoms with E-state index in [1.165, 1.54) is 7.11 Å². The summed E-state index contributed by atoms with van der Waals surface area (Å²) >= 11 is 0. The van der Waals surface area contributed by atoms with Gasteiger partial charge in [-0.15, -0.1) is 0 Å². The SMILES string of the molecule is COc1ccc(/C(N)=N/O)cc1CNCCOCC(F)F. The molecule has 0 aliphatic heterocycles. The highest BCUT2D eigenvalue weighted by Gasteiger charge is 2.07. The van der Waals surface area contributed by atoms with Gasteiger partial charge in [-0.2, -0.15) is 0 Å². The summed E-state index contributed by atoms with van der Waals surface area (Å²) in [6.45, 7) is 0.480. The topological polar surface area (TPSA) is 89.1 Å². The minimum absolute atomic E-state index is 0.000769. The number of nitrogens with zero attached hydrogens (tertiary/aromatic N) is 1. The van der Waals surface area contributed by atoms with Crippen molar-refractivity contribution in [3.8, 4) is 5.75 Å². The lowest BCUT2D eigenvalue weighted by atomic mass is 10.1. The number of nitrogens with one attached hydrogen (secondary N) is 1. The molecule has 21 heavy (non-hydrogen) atoms. The molecule has 6 nitrogen and oxygen atoms in total. The van der Waals surface area contributed by atoms with E-state index < -0.39 is 13.0 Å². The molecule has 0 fully saturated rings. The maximum Gasteiger partial charge on any atom is 0.261 e. The molecule has 4 N–H and O–H groups in total. The summed E-state index contributed by atoms with van der Waals surface area (Å²) in [7, 11) is 1.54. The molecule has 0 amide bonds. The highest BCUT2D eigenvalue weighted by Crippen LogP contribution is 2.19. The summed E-state index contributed by atoms with van der Waals surface area (Å²) in [6.07, 6.45) is -2.46. The summed E-state index contributed by atoms with van der Waals surface area (Å²) < 4.78 is 33.7. The van der Waals surface area contributed by atoms with Gasteiger partial charge in [0.2, 0.25) is 0 Å². The van der Waals surface area contributed by atoms with E-state index in [4.69, 9.17) is 20.4 Å². The van der Waals surface area contributed by atoms with Gasteiger partial charge in [-0.3, -0.25) is 0 Å². The average molecular weight is 303 g/mol. The van der Waals surface area contributed by atoms with Crippen molar-refractivity contribution in [2.24, 2.45) is 10.9 Å². The van der Waals surface area contributed by atoms with E-state index in [1.807, 2.05) is 0 Å². The van der Waals surface area contributed by atoms with Crippen molar-refractivity contribution in [2.75, 3.05) is 26.9 Å². The molecule has 0 saturated heterocycles. The first-order chi connectivity index (χ1) is 10.1. The standard InChI is InChI=1S/C13H19F2N3O3/c1-20-11-3-2-9(13(16)18-19)6-10(11)7-17-4-5-21-8-12(14)15/h2-3,6,12,17,19H,4-5,7-8H2,1H3,(H2,16,18). The predicted octanol–water partition coefficient (Wildman–Crippen LogP) is 1.16. The van der Waals surface area contributed by atoms with E-state index in [-0.39, 0.29) is 12.4 Å². The van der Waals surface area contributed by atoms with Crippen molar-refractivity contribution in [3.63, 3.8) is 0 Å². The van der Waals surface area contributed by atoms with Crippen LogP contribution >= 0.6 is 0 Å². The van der Waals surface area contributed by atoms with Crippen LogP contribution in [0.3, 0.4) is 0 Å². The van der Waals surface area contributed by atoms with E-state index in [0.717, 1.165) is 5.56 Å². The van der Waals surface area contributed by atoms with Crippen LogP contribution in [0.25, 0.3) is 0 Å². The Hall–Kier alpha value is -1.93. The Labute approximate surface area is 121 Å². The quantitative estimate of drug-likeness (QED) is 0.209. The number of oxime groups is 1. The van der Waals surface area contributed by atoms with Gasteiger partial charge in [-0.05, 0) is 18.2 Å². The van der Waals surface area contributed by atoms with Crippen LogP contribution in [0.15, 0.2) is 23.4 Å². The molecule has 0 aliphatic rings. The Morgan fingerprint density at radius 1 is 1.48 bits per heavy atom.